The molecule has 2 nitrogen and oxygen atoms in total. The fraction of sp³-hybridized carbons (Fsp3) is 0.600. The summed E-state index contributed by atoms with van der Waals surface area (Å²) in [6.45, 7) is 9.54. The summed E-state index contributed by atoms with van der Waals surface area (Å²) in [5, 5.41) is 0. The second-order valence-electron chi connectivity index (χ2n) is 6.50. The van der Waals surface area contributed by atoms with Crippen LogP contribution in [-0.4, -0.2) is 18.3 Å². The van der Waals surface area contributed by atoms with Crippen LogP contribution in [0.5, 0.6) is 5.75 Å². The van der Waals surface area contributed by atoms with Crippen LogP contribution in [0.3, 0.4) is 0 Å². The van der Waals surface area contributed by atoms with Crippen LogP contribution >= 0.6 is 0 Å². The summed E-state index contributed by atoms with van der Waals surface area (Å²) in [6.07, 6.45) is 8.20. The van der Waals surface area contributed by atoms with Crippen LogP contribution < -0.4 is 4.74 Å². The van der Waals surface area contributed by atoms with Gasteiger partial charge >= 0.3 is 0 Å². The summed E-state index contributed by atoms with van der Waals surface area (Å²) < 4.78 is 11.5. The minimum atomic E-state index is 0.161. The van der Waals surface area contributed by atoms with Crippen molar-refractivity contribution >= 4 is 0 Å². The van der Waals surface area contributed by atoms with Crippen molar-refractivity contribution in [1.82, 2.24) is 0 Å². The Bertz CT molecular complexity index is 489. The average Bonchev–Trinajstić information content (AvgIpc) is 3.21. The Morgan fingerprint density at radius 3 is 2.59 bits per heavy atom. The second kappa shape index (κ2) is 7.82. The van der Waals surface area contributed by atoms with Crippen molar-refractivity contribution in [3.63, 3.8) is 0 Å². The number of benzene rings is 1. The van der Waals surface area contributed by atoms with Crippen LogP contribution in [0.25, 0.3) is 0 Å². The van der Waals surface area contributed by atoms with Crippen molar-refractivity contribution in [2.75, 3.05) is 6.61 Å². The van der Waals surface area contributed by atoms with Gasteiger partial charge in [-0.15, -0.1) is 0 Å². The Hall–Kier alpha value is -1.28. The molecule has 2 atom stereocenters. The molecule has 22 heavy (non-hydrogen) atoms. The Kier molecular flexibility index (Phi) is 6.07. The van der Waals surface area contributed by atoms with Crippen molar-refractivity contribution < 1.29 is 9.47 Å². The largest absolute Gasteiger partial charge is 0.493 e. The zero-order valence-corrected chi connectivity index (χ0v) is 14.5. The van der Waals surface area contributed by atoms with Crippen molar-refractivity contribution in [3.8, 4) is 5.75 Å². The topological polar surface area (TPSA) is 21.8 Å². The first-order valence-electron chi connectivity index (χ1n) is 8.62. The third-order valence-corrected chi connectivity index (χ3v) is 4.75. The van der Waals surface area contributed by atoms with E-state index >= 15 is 0 Å². The maximum atomic E-state index is 5.78. The first kappa shape index (κ1) is 17.1. The molecule has 2 heteroatoms. The van der Waals surface area contributed by atoms with Crippen LogP contribution in [0.2, 0.25) is 0 Å². The molecule has 1 aromatic rings. The van der Waals surface area contributed by atoms with Gasteiger partial charge in [-0.1, -0.05) is 37.6 Å². The highest BCUT2D eigenvalue weighted by molar-refractivity contribution is 5.27. The lowest BCUT2D eigenvalue weighted by Gasteiger charge is -2.06. The Morgan fingerprint density at radius 1 is 1.27 bits per heavy atom. The molecule has 122 valence electrons. The number of aryl methyl sites for hydroxylation is 1. The summed E-state index contributed by atoms with van der Waals surface area (Å²) in [7, 11) is 0. The smallest absolute Gasteiger partial charge is 0.119 e. The van der Waals surface area contributed by atoms with Crippen molar-refractivity contribution in [2.45, 2.75) is 71.5 Å². The third-order valence-electron chi connectivity index (χ3n) is 4.75. The average molecular weight is 302 g/mol. The Labute approximate surface area is 135 Å². The predicted octanol–water partition coefficient (Wildman–Crippen LogP) is 5.31. The van der Waals surface area contributed by atoms with Crippen LogP contribution in [-0.2, 0) is 11.2 Å². The van der Waals surface area contributed by atoms with Crippen molar-refractivity contribution in [2.24, 2.45) is 0 Å². The summed E-state index contributed by atoms with van der Waals surface area (Å²) in [4.78, 5) is 0. The number of hydrogen-bond acceptors (Lipinski definition) is 2. The van der Waals surface area contributed by atoms with Crippen LogP contribution in [0.1, 0.15) is 58.9 Å². The normalized spacial score (nSPS) is 24.4. The van der Waals surface area contributed by atoms with Crippen molar-refractivity contribution in [1.29, 1.82) is 0 Å². The molecule has 0 N–H and O–H groups in total. The van der Waals surface area contributed by atoms with Gasteiger partial charge in [0.2, 0.25) is 0 Å². The van der Waals surface area contributed by atoms with Gasteiger partial charge in [-0.25, -0.2) is 0 Å². The first-order chi connectivity index (χ1) is 10.6. The van der Waals surface area contributed by atoms with E-state index in [0.29, 0.717) is 6.10 Å². The van der Waals surface area contributed by atoms with Crippen molar-refractivity contribution in [3.05, 3.63) is 41.5 Å². The van der Waals surface area contributed by atoms with E-state index in [9.17, 15) is 0 Å². The minimum absolute atomic E-state index is 0.161. The lowest BCUT2D eigenvalue weighted by Crippen LogP contribution is -2.07. The van der Waals surface area contributed by atoms with E-state index in [1.165, 1.54) is 11.1 Å². The monoisotopic (exact) mass is 302 g/mol. The number of hydrogen-bond donors (Lipinski definition) is 0. The molecule has 1 saturated heterocycles. The van der Waals surface area contributed by atoms with E-state index in [1.807, 2.05) is 0 Å². The summed E-state index contributed by atoms with van der Waals surface area (Å²) >= 11 is 0. The maximum absolute atomic E-state index is 5.78. The standard InChI is InChI=1S/C20H30O2/c1-5-17-10-12-18(13-11-17)21-15-7-8-16(3)9-14-19-20(4,6-2)22-19/h8,10-13,19H,5-7,9,14-15H2,1-4H3. The molecule has 0 spiro atoms. The fourth-order valence-electron chi connectivity index (χ4n) is 2.73. The van der Waals surface area contributed by atoms with Crippen LogP contribution in [0.15, 0.2) is 35.9 Å². The van der Waals surface area contributed by atoms with Gasteiger partial charge in [0.1, 0.15) is 5.75 Å². The van der Waals surface area contributed by atoms with Gasteiger partial charge in [0, 0.05) is 0 Å². The molecule has 0 aliphatic carbocycles. The summed E-state index contributed by atoms with van der Waals surface area (Å²) in [5.74, 6) is 0.966. The van der Waals surface area contributed by atoms with Gasteiger partial charge in [-0.05, 0) is 63.6 Å². The molecule has 0 saturated carbocycles. The number of ether oxygens (including phenoxy) is 2. The third kappa shape index (κ3) is 4.88. The molecule has 1 fully saturated rings. The SMILES string of the molecule is CCc1ccc(OCCC=C(C)CCC2OC2(C)CC)cc1. The van der Waals surface area contributed by atoms with E-state index in [0.717, 1.165) is 44.5 Å². The molecule has 1 aliphatic heterocycles. The molecular weight excluding hydrogens is 272 g/mol. The molecule has 2 unspecified atom stereocenters. The van der Waals surface area contributed by atoms with Gasteiger partial charge in [0.05, 0.1) is 18.3 Å². The summed E-state index contributed by atoms with van der Waals surface area (Å²) in [5.41, 5.74) is 2.96. The first-order valence-corrected chi connectivity index (χ1v) is 8.62. The molecular formula is C20H30O2. The molecule has 0 aromatic heterocycles. The number of allylic oxidation sites excluding steroid dienone is 1. The van der Waals surface area contributed by atoms with Gasteiger partial charge in [-0.3, -0.25) is 0 Å². The molecule has 0 bridgehead atoms. The van der Waals surface area contributed by atoms with Gasteiger partial charge in [0.25, 0.3) is 0 Å². The number of rotatable bonds is 9. The van der Waals surface area contributed by atoms with E-state index in [1.54, 1.807) is 0 Å². The van der Waals surface area contributed by atoms with Gasteiger partial charge in [0.15, 0.2) is 0 Å². The van der Waals surface area contributed by atoms with E-state index < -0.39 is 0 Å². The van der Waals surface area contributed by atoms with E-state index in [2.05, 4.69) is 58.0 Å². The predicted molar refractivity (Wildman–Crippen MR) is 92.5 cm³/mol. The highest BCUT2D eigenvalue weighted by atomic mass is 16.6. The minimum Gasteiger partial charge on any atom is -0.493 e. The molecule has 1 heterocycles. The molecule has 1 aliphatic rings. The van der Waals surface area contributed by atoms with E-state index in [-0.39, 0.29) is 5.60 Å². The van der Waals surface area contributed by atoms with E-state index in [4.69, 9.17) is 9.47 Å². The summed E-state index contributed by atoms with van der Waals surface area (Å²) in [6, 6.07) is 8.39. The highest BCUT2D eigenvalue weighted by Gasteiger charge is 2.49. The molecule has 1 aromatic carbocycles. The number of epoxide rings is 1. The molecule has 0 radical (unpaired) electrons. The lowest BCUT2D eigenvalue weighted by molar-refractivity contribution is 0.300. The van der Waals surface area contributed by atoms with Crippen LogP contribution in [0, 0.1) is 0 Å². The Morgan fingerprint density at radius 2 is 2.00 bits per heavy atom. The second-order valence-corrected chi connectivity index (χ2v) is 6.50. The quantitative estimate of drug-likeness (QED) is 0.350. The fourth-order valence-corrected chi connectivity index (χ4v) is 2.73. The Balaban J connectivity index is 1.62. The highest BCUT2D eigenvalue weighted by Crippen LogP contribution is 2.42. The molecule has 2 rings (SSSR count). The zero-order valence-electron chi connectivity index (χ0n) is 14.5. The lowest BCUT2D eigenvalue weighted by atomic mass is 9.99. The van der Waals surface area contributed by atoms with Gasteiger partial charge in [-0.2, -0.15) is 0 Å². The van der Waals surface area contributed by atoms with Gasteiger partial charge < -0.3 is 9.47 Å². The molecule has 0 amide bonds. The zero-order chi connectivity index (χ0) is 16.0. The van der Waals surface area contributed by atoms with Crippen LogP contribution in [0.4, 0.5) is 0 Å². The maximum Gasteiger partial charge on any atom is 0.119 e.